The maximum atomic E-state index is 14.1. The number of anilines is 1. The molecule has 0 bridgehead atoms. The maximum absolute atomic E-state index is 14.1. The first-order valence-electron chi connectivity index (χ1n) is 6.35. The topological polar surface area (TPSA) is 6.48 Å². The lowest BCUT2D eigenvalue weighted by Crippen LogP contribution is -2.41. The highest BCUT2D eigenvalue weighted by Gasteiger charge is 2.21. The molecule has 0 spiro atoms. The third kappa shape index (κ3) is 4.14. The normalized spacial score (nSPS) is 12.8. The number of hydrogen-bond donors (Lipinski definition) is 0. The van der Waals surface area contributed by atoms with Crippen LogP contribution in [0, 0.1) is 11.6 Å². The number of hydrogen-bond acceptors (Lipinski definition) is 2. The van der Waals surface area contributed by atoms with Crippen LogP contribution in [0.25, 0.3) is 0 Å². The van der Waals surface area contributed by atoms with E-state index in [2.05, 4.69) is 15.9 Å². The number of benzene rings is 1. The molecule has 0 aliphatic rings. The summed E-state index contributed by atoms with van der Waals surface area (Å²) < 4.78 is 28.2. The lowest BCUT2D eigenvalue weighted by Gasteiger charge is -2.32. The molecular weight excluding hydrogens is 314 g/mol. The van der Waals surface area contributed by atoms with Gasteiger partial charge in [0.15, 0.2) is 0 Å². The Balaban J connectivity index is 3.11. The quantitative estimate of drug-likeness (QED) is 0.733. The molecule has 0 aromatic heterocycles. The SMILES string of the molecule is CCN(c1c(F)cc(CBr)cc1F)C(C)CN(C)C. The highest BCUT2D eigenvalue weighted by atomic mass is 79.9. The largest absolute Gasteiger partial charge is 0.363 e. The van der Waals surface area contributed by atoms with Crippen molar-refractivity contribution in [2.45, 2.75) is 25.2 Å². The maximum Gasteiger partial charge on any atom is 0.149 e. The summed E-state index contributed by atoms with van der Waals surface area (Å²) in [7, 11) is 3.90. The van der Waals surface area contributed by atoms with Crippen LogP contribution < -0.4 is 4.90 Å². The summed E-state index contributed by atoms with van der Waals surface area (Å²) >= 11 is 3.21. The van der Waals surface area contributed by atoms with Crippen LogP contribution in [-0.4, -0.2) is 38.1 Å². The lowest BCUT2D eigenvalue weighted by atomic mass is 10.1. The van der Waals surface area contributed by atoms with Gasteiger partial charge >= 0.3 is 0 Å². The van der Waals surface area contributed by atoms with Crippen molar-refractivity contribution in [3.63, 3.8) is 0 Å². The molecule has 5 heteroatoms. The molecule has 0 aliphatic carbocycles. The van der Waals surface area contributed by atoms with Crippen molar-refractivity contribution in [1.29, 1.82) is 0 Å². The van der Waals surface area contributed by atoms with Gasteiger partial charge < -0.3 is 9.80 Å². The fourth-order valence-electron chi connectivity index (χ4n) is 2.29. The van der Waals surface area contributed by atoms with E-state index in [1.54, 1.807) is 4.90 Å². The van der Waals surface area contributed by atoms with E-state index in [1.807, 2.05) is 32.8 Å². The van der Waals surface area contributed by atoms with Crippen molar-refractivity contribution < 1.29 is 8.78 Å². The van der Waals surface area contributed by atoms with E-state index < -0.39 is 11.6 Å². The Morgan fingerprint density at radius 2 is 1.74 bits per heavy atom. The molecule has 0 radical (unpaired) electrons. The third-order valence-electron chi connectivity index (χ3n) is 3.02. The Morgan fingerprint density at radius 3 is 2.11 bits per heavy atom. The second-order valence-corrected chi connectivity index (χ2v) is 5.50. The van der Waals surface area contributed by atoms with Gasteiger partial charge in [-0.1, -0.05) is 15.9 Å². The van der Waals surface area contributed by atoms with Crippen LogP contribution in [0.15, 0.2) is 12.1 Å². The van der Waals surface area contributed by atoms with Crippen molar-refractivity contribution in [2.24, 2.45) is 0 Å². The van der Waals surface area contributed by atoms with Crippen LogP contribution in [-0.2, 0) is 5.33 Å². The smallest absolute Gasteiger partial charge is 0.149 e. The third-order valence-corrected chi connectivity index (χ3v) is 3.67. The van der Waals surface area contributed by atoms with Crippen LogP contribution in [0.1, 0.15) is 19.4 Å². The first-order chi connectivity index (χ1) is 8.90. The van der Waals surface area contributed by atoms with E-state index in [-0.39, 0.29) is 11.7 Å². The Hall–Kier alpha value is -0.680. The van der Waals surface area contributed by atoms with E-state index >= 15 is 0 Å². The van der Waals surface area contributed by atoms with Gasteiger partial charge in [0.1, 0.15) is 17.3 Å². The molecule has 1 aromatic carbocycles. The first-order valence-corrected chi connectivity index (χ1v) is 7.48. The molecule has 0 aliphatic heterocycles. The number of nitrogens with zero attached hydrogens (tertiary/aromatic N) is 2. The molecular formula is C14H21BrF2N2. The van der Waals surface area contributed by atoms with Gasteiger partial charge in [-0.25, -0.2) is 8.78 Å². The molecule has 0 saturated heterocycles. The minimum atomic E-state index is -0.498. The highest BCUT2D eigenvalue weighted by Crippen LogP contribution is 2.27. The summed E-state index contributed by atoms with van der Waals surface area (Å²) in [6.07, 6.45) is 0. The predicted octanol–water partition coefficient (Wildman–Crippen LogP) is 3.64. The molecule has 1 aromatic rings. The minimum absolute atomic E-state index is 0.0406. The molecule has 1 rings (SSSR count). The summed E-state index contributed by atoms with van der Waals surface area (Å²) in [5, 5.41) is 0.445. The predicted molar refractivity (Wildman–Crippen MR) is 80.0 cm³/mol. The van der Waals surface area contributed by atoms with Gasteiger partial charge in [-0.15, -0.1) is 0 Å². The minimum Gasteiger partial charge on any atom is -0.363 e. The van der Waals surface area contributed by atoms with Crippen LogP contribution >= 0.6 is 15.9 Å². The van der Waals surface area contributed by atoms with Crippen molar-refractivity contribution >= 4 is 21.6 Å². The van der Waals surface area contributed by atoms with Crippen molar-refractivity contribution in [1.82, 2.24) is 4.90 Å². The van der Waals surface area contributed by atoms with Crippen molar-refractivity contribution in [2.75, 3.05) is 32.1 Å². The van der Waals surface area contributed by atoms with Crippen LogP contribution in [0.4, 0.5) is 14.5 Å². The van der Waals surface area contributed by atoms with Crippen molar-refractivity contribution in [3.8, 4) is 0 Å². The molecule has 0 saturated carbocycles. The van der Waals surface area contributed by atoms with E-state index in [4.69, 9.17) is 0 Å². The van der Waals surface area contributed by atoms with Gasteiger partial charge in [0.05, 0.1) is 0 Å². The highest BCUT2D eigenvalue weighted by molar-refractivity contribution is 9.08. The fourth-order valence-corrected chi connectivity index (χ4v) is 2.61. The summed E-state index contributed by atoms with van der Waals surface area (Å²) in [6, 6.07) is 2.81. The number of halogens is 3. The van der Waals surface area contributed by atoms with Gasteiger partial charge in [-0.3, -0.25) is 0 Å². The van der Waals surface area contributed by atoms with Crippen LogP contribution in [0.2, 0.25) is 0 Å². The standard InChI is InChI=1S/C14H21BrF2N2/c1-5-19(10(2)9-18(3)4)14-12(16)6-11(8-15)7-13(14)17/h6-7,10H,5,8-9H2,1-4H3. The Bertz CT molecular complexity index is 401. The van der Waals surface area contributed by atoms with Gasteiger partial charge in [0.25, 0.3) is 0 Å². The molecule has 1 unspecified atom stereocenters. The fraction of sp³-hybridized carbons (Fsp3) is 0.571. The zero-order chi connectivity index (χ0) is 14.6. The lowest BCUT2D eigenvalue weighted by molar-refractivity contribution is 0.370. The summed E-state index contributed by atoms with van der Waals surface area (Å²) in [6.45, 7) is 5.19. The molecule has 0 fully saturated rings. The Labute approximate surface area is 122 Å². The monoisotopic (exact) mass is 334 g/mol. The zero-order valence-corrected chi connectivity index (χ0v) is 13.5. The number of likely N-dealkylation sites (N-methyl/N-ethyl adjacent to an activating group) is 2. The number of rotatable bonds is 6. The van der Waals surface area contributed by atoms with Gasteiger partial charge in [0, 0.05) is 24.5 Å². The van der Waals surface area contributed by atoms with E-state index in [1.165, 1.54) is 12.1 Å². The van der Waals surface area contributed by atoms with Gasteiger partial charge in [0.2, 0.25) is 0 Å². The number of alkyl halides is 1. The molecule has 0 N–H and O–H groups in total. The second kappa shape index (κ2) is 7.20. The van der Waals surface area contributed by atoms with Gasteiger partial charge in [-0.2, -0.15) is 0 Å². The summed E-state index contributed by atoms with van der Waals surface area (Å²) in [5.41, 5.74) is 0.677. The van der Waals surface area contributed by atoms with Crippen LogP contribution in [0.5, 0.6) is 0 Å². The van der Waals surface area contributed by atoms with Gasteiger partial charge in [-0.05, 0) is 45.6 Å². The second-order valence-electron chi connectivity index (χ2n) is 4.94. The molecule has 2 nitrogen and oxygen atoms in total. The molecule has 0 heterocycles. The Morgan fingerprint density at radius 1 is 1.21 bits per heavy atom. The Kier molecular flexibility index (Phi) is 6.20. The average molecular weight is 335 g/mol. The molecule has 1 atom stereocenters. The average Bonchev–Trinajstić information content (AvgIpc) is 2.32. The molecule has 108 valence electrons. The first kappa shape index (κ1) is 16.4. The van der Waals surface area contributed by atoms with E-state index in [0.29, 0.717) is 17.4 Å². The molecule has 19 heavy (non-hydrogen) atoms. The molecule has 0 amide bonds. The van der Waals surface area contributed by atoms with E-state index in [9.17, 15) is 8.78 Å². The van der Waals surface area contributed by atoms with E-state index in [0.717, 1.165) is 6.54 Å². The summed E-state index contributed by atoms with van der Waals surface area (Å²) in [4.78, 5) is 3.78. The zero-order valence-electron chi connectivity index (χ0n) is 11.9. The summed E-state index contributed by atoms with van der Waals surface area (Å²) in [5.74, 6) is -0.996. The van der Waals surface area contributed by atoms with Crippen LogP contribution in [0.3, 0.4) is 0 Å². The van der Waals surface area contributed by atoms with Crippen molar-refractivity contribution in [3.05, 3.63) is 29.3 Å².